The molecule has 0 spiro atoms. The topological polar surface area (TPSA) is 58.6 Å². The van der Waals surface area contributed by atoms with Gasteiger partial charge in [-0.05, 0) is 42.5 Å². The fraction of sp³-hybridized carbons (Fsp3) is 0.417. The largest absolute Gasteiger partial charge is 0.484 e. The first-order valence-electron chi connectivity index (χ1n) is 10.3. The van der Waals surface area contributed by atoms with Gasteiger partial charge in [-0.1, -0.05) is 50.2 Å². The number of ether oxygens (including phenoxy) is 1. The van der Waals surface area contributed by atoms with Crippen molar-refractivity contribution in [2.24, 2.45) is 5.92 Å². The van der Waals surface area contributed by atoms with Gasteiger partial charge in [0.05, 0.1) is 0 Å². The number of benzene rings is 2. The number of carbonyl (C=O) groups is 2. The standard InChI is InChI=1S/C24H30N2O3/c1-17(2)23(26-12-11-19-7-4-5-8-21(19)15-26)14-25-24(28)16-29-22-10-6-9-20(13-22)18(3)27/h4-10,13,17,23H,11-12,14-16H2,1-3H3,(H,25,28). The Labute approximate surface area is 173 Å². The molecule has 2 aromatic carbocycles. The number of rotatable bonds is 8. The summed E-state index contributed by atoms with van der Waals surface area (Å²) in [7, 11) is 0. The Kier molecular flexibility index (Phi) is 7.04. The second kappa shape index (κ2) is 9.70. The maximum absolute atomic E-state index is 12.3. The van der Waals surface area contributed by atoms with Gasteiger partial charge in [0.25, 0.3) is 5.91 Å². The Balaban J connectivity index is 1.52. The lowest BCUT2D eigenvalue weighted by Gasteiger charge is -2.38. The van der Waals surface area contributed by atoms with Crippen molar-refractivity contribution in [1.29, 1.82) is 0 Å². The normalized spacial score (nSPS) is 14.9. The van der Waals surface area contributed by atoms with Gasteiger partial charge in [-0.15, -0.1) is 0 Å². The quantitative estimate of drug-likeness (QED) is 0.697. The molecule has 0 saturated heterocycles. The van der Waals surface area contributed by atoms with Crippen LogP contribution in [0.25, 0.3) is 0 Å². The number of carbonyl (C=O) groups excluding carboxylic acids is 2. The van der Waals surface area contributed by atoms with E-state index in [0.717, 1.165) is 19.5 Å². The molecule has 0 aliphatic carbocycles. The highest BCUT2D eigenvalue weighted by molar-refractivity contribution is 5.94. The molecule has 0 bridgehead atoms. The van der Waals surface area contributed by atoms with Gasteiger partial charge in [0.1, 0.15) is 5.75 Å². The molecule has 1 aliphatic rings. The molecule has 2 aromatic rings. The van der Waals surface area contributed by atoms with Gasteiger partial charge in [0, 0.05) is 31.2 Å². The predicted molar refractivity (Wildman–Crippen MR) is 114 cm³/mol. The number of fused-ring (bicyclic) bond motifs is 1. The summed E-state index contributed by atoms with van der Waals surface area (Å²) in [4.78, 5) is 26.2. The number of hydrogen-bond acceptors (Lipinski definition) is 4. The van der Waals surface area contributed by atoms with Crippen LogP contribution < -0.4 is 10.1 Å². The Morgan fingerprint density at radius 3 is 2.59 bits per heavy atom. The molecule has 1 unspecified atom stereocenters. The molecule has 0 saturated carbocycles. The maximum Gasteiger partial charge on any atom is 0.257 e. The first-order valence-corrected chi connectivity index (χ1v) is 10.3. The third kappa shape index (κ3) is 5.67. The summed E-state index contributed by atoms with van der Waals surface area (Å²) >= 11 is 0. The van der Waals surface area contributed by atoms with Crippen LogP contribution in [0.4, 0.5) is 0 Å². The van der Waals surface area contributed by atoms with Gasteiger partial charge in [-0.3, -0.25) is 14.5 Å². The highest BCUT2D eigenvalue weighted by Gasteiger charge is 2.26. The Bertz CT molecular complexity index is 863. The zero-order valence-electron chi connectivity index (χ0n) is 17.5. The average Bonchev–Trinajstić information content (AvgIpc) is 2.72. The fourth-order valence-electron chi connectivity index (χ4n) is 3.81. The minimum atomic E-state index is -0.152. The predicted octanol–water partition coefficient (Wildman–Crippen LogP) is 3.47. The van der Waals surface area contributed by atoms with E-state index in [2.05, 4.69) is 48.3 Å². The lowest BCUT2D eigenvalue weighted by molar-refractivity contribution is -0.123. The third-order valence-electron chi connectivity index (χ3n) is 5.52. The van der Waals surface area contributed by atoms with Gasteiger partial charge < -0.3 is 10.1 Å². The van der Waals surface area contributed by atoms with E-state index in [9.17, 15) is 9.59 Å². The van der Waals surface area contributed by atoms with E-state index >= 15 is 0 Å². The van der Waals surface area contributed by atoms with Crippen molar-refractivity contribution in [3.63, 3.8) is 0 Å². The van der Waals surface area contributed by atoms with Crippen LogP contribution in [0.2, 0.25) is 0 Å². The Morgan fingerprint density at radius 2 is 1.86 bits per heavy atom. The lowest BCUT2D eigenvalue weighted by Crippen LogP contribution is -2.49. The molecule has 3 rings (SSSR count). The minimum Gasteiger partial charge on any atom is -0.484 e. The number of ketones is 1. The van der Waals surface area contributed by atoms with Crippen LogP contribution >= 0.6 is 0 Å². The molecule has 5 nitrogen and oxygen atoms in total. The molecule has 1 N–H and O–H groups in total. The maximum atomic E-state index is 12.3. The van der Waals surface area contributed by atoms with E-state index in [1.54, 1.807) is 24.3 Å². The second-order valence-corrected chi connectivity index (χ2v) is 7.98. The van der Waals surface area contributed by atoms with Gasteiger partial charge >= 0.3 is 0 Å². The summed E-state index contributed by atoms with van der Waals surface area (Å²) in [5.41, 5.74) is 3.38. The highest BCUT2D eigenvalue weighted by Crippen LogP contribution is 2.22. The summed E-state index contributed by atoms with van der Waals surface area (Å²) in [5.74, 6) is 0.777. The van der Waals surface area contributed by atoms with E-state index in [4.69, 9.17) is 4.74 Å². The Hall–Kier alpha value is -2.66. The summed E-state index contributed by atoms with van der Waals surface area (Å²) in [6.07, 6.45) is 1.04. The first kappa shape index (κ1) is 21.1. The molecule has 0 aromatic heterocycles. The van der Waals surface area contributed by atoms with Gasteiger partial charge in [0.2, 0.25) is 0 Å². The van der Waals surface area contributed by atoms with Crippen molar-refractivity contribution in [3.05, 3.63) is 65.2 Å². The molecule has 1 aliphatic heterocycles. The number of nitrogens with one attached hydrogen (secondary N) is 1. The minimum absolute atomic E-state index is 0.0252. The van der Waals surface area contributed by atoms with Crippen molar-refractivity contribution in [2.75, 3.05) is 19.7 Å². The number of nitrogens with zero attached hydrogens (tertiary/aromatic N) is 1. The zero-order valence-corrected chi connectivity index (χ0v) is 17.5. The smallest absolute Gasteiger partial charge is 0.257 e. The van der Waals surface area contributed by atoms with Crippen LogP contribution in [0.5, 0.6) is 5.75 Å². The molecular weight excluding hydrogens is 364 g/mol. The van der Waals surface area contributed by atoms with Crippen LogP contribution in [0, 0.1) is 5.92 Å². The van der Waals surface area contributed by atoms with Crippen molar-refractivity contribution >= 4 is 11.7 Å². The molecular formula is C24H30N2O3. The van der Waals surface area contributed by atoms with Gasteiger partial charge in [0.15, 0.2) is 12.4 Å². The summed E-state index contributed by atoms with van der Waals surface area (Å²) in [5, 5.41) is 3.02. The van der Waals surface area contributed by atoms with Crippen molar-refractivity contribution in [3.8, 4) is 5.75 Å². The van der Waals surface area contributed by atoms with Crippen LogP contribution in [0.3, 0.4) is 0 Å². The van der Waals surface area contributed by atoms with E-state index in [1.807, 2.05) is 0 Å². The summed E-state index contributed by atoms with van der Waals surface area (Å²) in [6.45, 7) is 8.36. The SMILES string of the molecule is CC(=O)c1cccc(OCC(=O)NCC(C(C)C)N2CCc3ccccc3C2)c1. The van der Waals surface area contributed by atoms with Crippen molar-refractivity contribution in [1.82, 2.24) is 10.2 Å². The molecule has 29 heavy (non-hydrogen) atoms. The summed E-state index contributed by atoms with van der Waals surface area (Å²) in [6, 6.07) is 15.8. The van der Waals surface area contributed by atoms with E-state index in [-0.39, 0.29) is 24.3 Å². The number of Topliss-reactive ketones (excluding diaryl/α,β-unsaturated/α-hetero) is 1. The fourth-order valence-corrected chi connectivity index (χ4v) is 3.81. The molecule has 154 valence electrons. The molecule has 1 atom stereocenters. The van der Waals surface area contributed by atoms with E-state index < -0.39 is 0 Å². The average molecular weight is 395 g/mol. The third-order valence-corrected chi connectivity index (χ3v) is 5.52. The van der Waals surface area contributed by atoms with Crippen LogP contribution in [0.15, 0.2) is 48.5 Å². The van der Waals surface area contributed by atoms with Crippen molar-refractivity contribution < 1.29 is 14.3 Å². The number of hydrogen-bond donors (Lipinski definition) is 1. The van der Waals surface area contributed by atoms with Gasteiger partial charge in [-0.2, -0.15) is 0 Å². The second-order valence-electron chi connectivity index (χ2n) is 7.98. The molecule has 5 heteroatoms. The van der Waals surface area contributed by atoms with E-state index in [0.29, 0.717) is 23.8 Å². The molecule has 0 fully saturated rings. The van der Waals surface area contributed by atoms with Crippen molar-refractivity contribution in [2.45, 2.75) is 39.8 Å². The molecule has 1 heterocycles. The monoisotopic (exact) mass is 394 g/mol. The van der Waals surface area contributed by atoms with Crippen LogP contribution in [-0.4, -0.2) is 42.3 Å². The Morgan fingerprint density at radius 1 is 1.10 bits per heavy atom. The number of amides is 1. The van der Waals surface area contributed by atoms with Crippen LogP contribution in [-0.2, 0) is 17.8 Å². The highest BCUT2D eigenvalue weighted by atomic mass is 16.5. The molecule has 1 amide bonds. The molecule has 0 radical (unpaired) electrons. The summed E-state index contributed by atoms with van der Waals surface area (Å²) < 4.78 is 5.57. The first-order chi connectivity index (χ1) is 13.9. The van der Waals surface area contributed by atoms with Crippen LogP contribution in [0.1, 0.15) is 42.3 Å². The lowest BCUT2D eigenvalue weighted by atomic mass is 9.95. The van der Waals surface area contributed by atoms with Gasteiger partial charge in [-0.25, -0.2) is 0 Å². The zero-order chi connectivity index (χ0) is 20.8. The van der Waals surface area contributed by atoms with E-state index in [1.165, 1.54) is 18.1 Å².